The zero-order valence-electron chi connectivity index (χ0n) is 8.99. The van der Waals surface area contributed by atoms with E-state index in [4.69, 9.17) is 10.5 Å². The quantitative estimate of drug-likeness (QED) is 0.467. The maximum Gasteiger partial charge on any atom is 0.333 e. The Bertz CT molecular complexity index is 383. The number of hydrogen-bond acceptors (Lipinski definition) is 3. The molecule has 0 bridgehead atoms. The predicted molar refractivity (Wildman–Crippen MR) is 61.1 cm³/mol. The summed E-state index contributed by atoms with van der Waals surface area (Å²) < 4.78 is 4.87. The number of nitrogen functional groups attached to an aromatic ring is 1. The van der Waals surface area contributed by atoms with Crippen molar-refractivity contribution < 1.29 is 9.53 Å². The van der Waals surface area contributed by atoms with Crippen molar-refractivity contribution in [2.75, 3.05) is 12.3 Å². The van der Waals surface area contributed by atoms with Crippen molar-refractivity contribution in [2.45, 2.75) is 13.8 Å². The van der Waals surface area contributed by atoms with E-state index in [2.05, 4.69) is 0 Å². The number of rotatable bonds is 3. The van der Waals surface area contributed by atoms with Gasteiger partial charge in [0.2, 0.25) is 0 Å². The Morgan fingerprint density at radius 3 is 2.73 bits per heavy atom. The van der Waals surface area contributed by atoms with E-state index in [1.165, 1.54) is 0 Å². The first-order valence-corrected chi connectivity index (χ1v) is 4.85. The molecule has 2 N–H and O–H groups in total. The second-order valence-electron chi connectivity index (χ2n) is 3.18. The number of benzene rings is 1. The topological polar surface area (TPSA) is 52.3 Å². The average molecular weight is 205 g/mol. The molecule has 1 rings (SSSR count). The summed E-state index contributed by atoms with van der Waals surface area (Å²) in [5.74, 6) is -0.305. The van der Waals surface area contributed by atoms with Crippen molar-refractivity contribution in [1.82, 2.24) is 0 Å². The first-order chi connectivity index (χ1) is 7.15. The number of nitrogens with two attached hydrogens (primary N) is 1. The van der Waals surface area contributed by atoms with Gasteiger partial charge in [0, 0.05) is 11.3 Å². The van der Waals surface area contributed by atoms with Gasteiger partial charge >= 0.3 is 5.97 Å². The summed E-state index contributed by atoms with van der Waals surface area (Å²) in [5.41, 5.74) is 7.79. The van der Waals surface area contributed by atoms with E-state index in [1.807, 2.05) is 18.2 Å². The van der Waals surface area contributed by atoms with Crippen molar-refractivity contribution in [1.29, 1.82) is 0 Å². The smallest absolute Gasteiger partial charge is 0.333 e. The second-order valence-corrected chi connectivity index (χ2v) is 3.18. The number of carbonyl (C=O) groups excluding carboxylic acids is 1. The van der Waals surface area contributed by atoms with E-state index >= 15 is 0 Å². The van der Waals surface area contributed by atoms with Crippen LogP contribution in [0.1, 0.15) is 19.4 Å². The van der Waals surface area contributed by atoms with E-state index in [0.717, 1.165) is 5.56 Å². The molecule has 0 fully saturated rings. The Morgan fingerprint density at radius 1 is 1.47 bits per heavy atom. The fourth-order valence-corrected chi connectivity index (χ4v) is 1.18. The van der Waals surface area contributed by atoms with E-state index < -0.39 is 0 Å². The molecule has 0 unspecified atom stereocenters. The number of anilines is 1. The van der Waals surface area contributed by atoms with Crippen LogP contribution in [0.3, 0.4) is 0 Å². The summed E-state index contributed by atoms with van der Waals surface area (Å²) in [7, 11) is 0. The average Bonchev–Trinajstić information content (AvgIpc) is 2.21. The molecule has 0 saturated carbocycles. The van der Waals surface area contributed by atoms with Gasteiger partial charge in [0.15, 0.2) is 0 Å². The highest BCUT2D eigenvalue weighted by Gasteiger charge is 2.04. The van der Waals surface area contributed by atoms with Gasteiger partial charge in [-0.3, -0.25) is 0 Å². The van der Waals surface area contributed by atoms with E-state index in [0.29, 0.717) is 17.9 Å². The molecular formula is C12H15NO2. The molecule has 0 saturated heterocycles. The summed E-state index contributed by atoms with van der Waals surface area (Å²) in [6, 6.07) is 7.38. The fourth-order valence-electron chi connectivity index (χ4n) is 1.18. The van der Waals surface area contributed by atoms with Gasteiger partial charge in [-0.2, -0.15) is 0 Å². The van der Waals surface area contributed by atoms with Crippen LogP contribution >= 0.6 is 0 Å². The summed E-state index contributed by atoms with van der Waals surface area (Å²) in [5, 5.41) is 0. The van der Waals surface area contributed by atoms with Gasteiger partial charge in [0.05, 0.1) is 6.61 Å². The van der Waals surface area contributed by atoms with Crippen LogP contribution in [-0.4, -0.2) is 12.6 Å². The van der Waals surface area contributed by atoms with Crippen molar-refractivity contribution in [3.05, 3.63) is 35.4 Å². The monoisotopic (exact) mass is 205 g/mol. The Balaban J connectivity index is 2.88. The highest BCUT2D eigenvalue weighted by Crippen LogP contribution is 2.15. The van der Waals surface area contributed by atoms with Gasteiger partial charge in [-0.05, 0) is 31.6 Å². The normalized spacial score (nSPS) is 11.2. The summed E-state index contributed by atoms with van der Waals surface area (Å²) >= 11 is 0. The van der Waals surface area contributed by atoms with Gasteiger partial charge in [-0.1, -0.05) is 18.2 Å². The molecule has 3 heteroatoms. The minimum absolute atomic E-state index is 0.305. The maximum absolute atomic E-state index is 11.3. The molecule has 0 amide bonds. The van der Waals surface area contributed by atoms with Crippen LogP contribution in [0.5, 0.6) is 0 Å². The van der Waals surface area contributed by atoms with Gasteiger partial charge in [-0.15, -0.1) is 0 Å². The SMILES string of the molecule is CCOC(=O)C(C)=Cc1ccccc1N. The molecule has 0 aromatic heterocycles. The molecule has 0 spiro atoms. The minimum Gasteiger partial charge on any atom is -0.463 e. The van der Waals surface area contributed by atoms with E-state index in [9.17, 15) is 4.79 Å². The molecule has 15 heavy (non-hydrogen) atoms. The zero-order valence-corrected chi connectivity index (χ0v) is 8.99. The van der Waals surface area contributed by atoms with Gasteiger partial charge in [0.25, 0.3) is 0 Å². The second kappa shape index (κ2) is 5.20. The van der Waals surface area contributed by atoms with Crippen LogP contribution < -0.4 is 5.73 Å². The van der Waals surface area contributed by atoms with Crippen LogP contribution in [0.2, 0.25) is 0 Å². The van der Waals surface area contributed by atoms with Crippen LogP contribution in [0.25, 0.3) is 6.08 Å². The largest absolute Gasteiger partial charge is 0.463 e. The van der Waals surface area contributed by atoms with Crippen molar-refractivity contribution in [2.24, 2.45) is 0 Å². The Morgan fingerprint density at radius 2 is 2.13 bits per heavy atom. The molecule has 1 aromatic rings. The van der Waals surface area contributed by atoms with Crippen molar-refractivity contribution >= 4 is 17.7 Å². The standard InChI is InChI=1S/C12H15NO2/c1-3-15-12(14)9(2)8-10-6-4-5-7-11(10)13/h4-8H,3,13H2,1-2H3. The number of esters is 1. The van der Waals surface area contributed by atoms with Gasteiger partial charge < -0.3 is 10.5 Å². The molecule has 0 atom stereocenters. The highest BCUT2D eigenvalue weighted by molar-refractivity contribution is 5.93. The number of carbonyl (C=O) groups is 1. The Hall–Kier alpha value is -1.77. The van der Waals surface area contributed by atoms with Crippen molar-refractivity contribution in [3.63, 3.8) is 0 Å². The Kier molecular flexibility index (Phi) is 3.92. The van der Waals surface area contributed by atoms with Crippen LogP contribution in [0.15, 0.2) is 29.8 Å². The molecule has 1 aromatic carbocycles. The van der Waals surface area contributed by atoms with Crippen LogP contribution in [0, 0.1) is 0 Å². The number of hydrogen-bond donors (Lipinski definition) is 1. The summed E-state index contributed by atoms with van der Waals surface area (Å²) in [4.78, 5) is 11.3. The first-order valence-electron chi connectivity index (χ1n) is 4.85. The molecule has 0 radical (unpaired) electrons. The molecule has 0 aliphatic heterocycles. The summed E-state index contributed by atoms with van der Waals surface area (Å²) in [6.07, 6.45) is 1.73. The van der Waals surface area contributed by atoms with Crippen LogP contribution in [0.4, 0.5) is 5.69 Å². The van der Waals surface area contributed by atoms with E-state index in [-0.39, 0.29) is 5.97 Å². The lowest BCUT2D eigenvalue weighted by Crippen LogP contribution is -2.05. The van der Waals surface area contributed by atoms with E-state index in [1.54, 1.807) is 26.0 Å². The third-order valence-corrected chi connectivity index (χ3v) is 1.97. The zero-order chi connectivity index (χ0) is 11.3. The molecule has 0 aliphatic carbocycles. The minimum atomic E-state index is -0.305. The Labute approximate surface area is 89.5 Å². The number of ether oxygens (including phenoxy) is 1. The fraction of sp³-hybridized carbons (Fsp3) is 0.250. The lowest BCUT2D eigenvalue weighted by Gasteiger charge is -2.03. The maximum atomic E-state index is 11.3. The van der Waals surface area contributed by atoms with Crippen molar-refractivity contribution in [3.8, 4) is 0 Å². The van der Waals surface area contributed by atoms with Crippen LogP contribution in [-0.2, 0) is 9.53 Å². The molecular weight excluding hydrogens is 190 g/mol. The van der Waals surface area contributed by atoms with Gasteiger partial charge in [-0.25, -0.2) is 4.79 Å². The third-order valence-electron chi connectivity index (χ3n) is 1.97. The molecule has 3 nitrogen and oxygen atoms in total. The lowest BCUT2D eigenvalue weighted by atomic mass is 10.1. The van der Waals surface area contributed by atoms with Gasteiger partial charge in [0.1, 0.15) is 0 Å². The molecule has 0 heterocycles. The highest BCUT2D eigenvalue weighted by atomic mass is 16.5. The number of para-hydroxylation sites is 1. The third kappa shape index (κ3) is 3.13. The first kappa shape index (κ1) is 11.3. The molecule has 80 valence electrons. The lowest BCUT2D eigenvalue weighted by molar-refractivity contribution is -0.138. The predicted octanol–water partition coefficient (Wildman–Crippen LogP) is 2.24. The summed E-state index contributed by atoms with van der Waals surface area (Å²) in [6.45, 7) is 3.88. The molecule has 0 aliphatic rings.